The lowest BCUT2D eigenvalue weighted by Gasteiger charge is -2.17. The Kier molecular flexibility index (Phi) is 5.13. The first kappa shape index (κ1) is 18.2. The van der Waals surface area contributed by atoms with Gasteiger partial charge in [-0.3, -0.25) is 0 Å². The molecule has 0 amide bonds. The molecule has 3 aromatic rings. The van der Waals surface area contributed by atoms with Gasteiger partial charge in [-0.25, -0.2) is 4.68 Å². The minimum atomic E-state index is -4.35. The molecule has 0 aliphatic heterocycles. The van der Waals surface area contributed by atoms with Crippen molar-refractivity contribution in [1.29, 1.82) is 0 Å². The lowest BCUT2D eigenvalue weighted by atomic mass is 10.1. The SMILES string of the molecule is Cc1c([C@@H](C)NCc2ccccc2C(F)(F)F)cnn1-c1ccccc1. The van der Waals surface area contributed by atoms with Crippen LogP contribution in [0.1, 0.15) is 35.3 Å². The third kappa shape index (κ3) is 3.80. The van der Waals surface area contributed by atoms with Gasteiger partial charge in [0.05, 0.1) is 17.4 Å². The zero-order valence-corrected chi connectivity index (χ0v) is 14.6. The molecule has 0 unspecified atom stereocenters. The molecule has 0 radical (unpaired) electrons. The fraction of sp³-hybridized carbons (Fsp3) is 0.250. The first-order valence-corrected chi connectivity index (χ1v) is 8.36. The Morgan fingerprint density at radius 1 is 1.04 bits per heavy atom. The highest BCUT2D eigenvalue weighted by Crippen LogP contribution is 2.32. The zero-order chi connectivity index (χ0) is 18.7. The summed E-state index contributed by atoms with van der Waals surface area (Å²) in [7, 11) is 0. The van der Waals surface area contributed by atoms with Crippen molar-refractivity contribution >= 4 is 0 Å². The van der Waals surface area contributed by atoms with Crippen molar-refractivity contribution in [2.45, 2.75) is 32.6 Å². The van der Waals surface area contributed by atoms with Crippen molar-refractivity contribution in [2.75, 3.05) is 0 Å². The van der Waals surface area contributed by atoms with E-state index in [-0.39, 0.29) is 18.2 Å². The Morgan fingerprint density at radius 2 is 1.69 bits per heavy atom. The van der Waals surface area contributed by atoms with E-state index in [4.69, 9.17) is 0 Å². The molecule has 0 saturated heterocycles. The number of nitrogens with one attached hydrogen (secondary N) is 1. The van der Waals surface area contributed by atoms with Crippen LogP contribution in [0.3, 0.4) is 0 Å². The molecule has 136 valence electrons. The van der Waals surface area contributed by atoms with Crippen LogP contribution in [-0.2, 0) is 12.7 Å². The predicted octanol–water partition coefficient (Wildman–Crippen LogP) is 5.05. The van der Waals surface area contributed by atoms with E-state index in [0.29, 0.717) is 0 Å². The number of para-hydroxylation sites is 1. The van der Waals surface area contributed by atoms with E-state index in [1.165, 1.54) is 12.1 Å². The summed E-state index contributed by atoms with van der Waals surface area (Å²) >= 11 is 0. The number of aromatic nitrogens is 2. The van der Waals surface area contributed by atoms with Crippen molar-refractivity contribution in [3.05, 3.63) is 83.2 Å². The van der Waals surface area contributed by atoms with Crippen LogP contribution in [0, 0.1) is 6.92 Å². The summed E-state index contributed by atoms with van der Waals surface area (Å²) in [6, 6.07) is 15.2. The molecular weight excluding hydrogens is 339 g/mol. The van der Waals surface area contributed by atoms with E-state index in [0.717, 1.165) is 23.0 Å². The molecule has 0 aliphatic rings. The number of benzene rings is 2. The van der Waals surface area contributed by atoms with Gasteiger partial charge in [-0.05, 0) is 37.6 Å². The summed E-state index contributed by atoms with van der Waals surface area (Å²) in [6.07, 6.45) is -2.59. The molecular formula is C20H20F3N3. The third-order valence-electron chi connectivity index (χ3n) is 4.44. The van der Waals surface area contributed by atoms with E-state index < -0.39 is 11.7 Å². The van der Waals surface area contributed by atoms with Crippen LogP contribution < -0.4 is 5.32 Å². The molecule has 0 bridgehead atoms. The van der Waals surface area contributed by atoms with Crippen molar-refractivity contribution < 1.29 is 13.2 Å². The van der Waals surface area contributed by atoms with Gasteiger partial charge in [0.15, 0.2) is 0 Å². The number of hydrogen-bond donors (Lipinski definition) is 1. The summed E-state index contributed by atoms with van der Waals surface area (Å²) in [5.74, 6) is 0. The normalized spacial score (nSPS) is 13.0. The van der Waals surface area contributed by atoms with Crippen LogP contribution in [-0.4, -0.2) is 9.78 Å². The number of hydrogen-bond acceptors (Lipinski definition) is 2. The molecule has 0 fully saturated rings. The molecule has 26 heavy (non-hydrogen) atoms. The van der Waals surface area contributed by atoms with Crippen LogP contribution >= 0.6 is 0 Å². The lowest BCUT2D eigenvalue weighted by molar-refractivity contribution is -0.138. The second-order valence-electron chi connectivity index (χ2n) is 6.19. The molecule has 1 aromatic heterocycles. The number of halogens is 3. The Labute approximate surface area is 150 Å². The minimum absolute atomic E-state index is 0.131. The number of alkyl halides is 3. The summed E-state index contributed by atoms with van der Waals surface area (Å²) in [5.41, 5.74) is 2.50. The molecule has 1 heterocycles. The lowest BCUT2D eigenvalue weighted by Crippen LogP contribution is -2.21. The monoisotopic (exact) mass is 359 g/mol. The van der Waals surface area contributed by atoms with Gasteiger partial charge >= 0.3 is 6.18 Å². The molecule has 1 atom stereocenters. The first-order chi connectivity index (χ1) is 12.4. The molecule has 2 aromatic carbocycles. The number of nitrogens with zero attached hydrogens (tertiary/aromatic N) is 2. The zero-order valence-electron chi connectivity index (χ0n) is 14.6. The number of rotatable bonds is 5. The van der Waals surface area contributed by atoms with Crippen molar-refractivity contribution in [1.82, 2.24) is 15.1 Å². The average molecular weight is 359 g/mol. The van der Waals surface area contributed by atoms with Crippen LogP contribution in [0.4, 0.5) is 13.2 Å². The molecule has 1 N–H and O–H groups in total. The highest BCUT2D eigenvalue weighted by Gasteiger charge is 2.32. The topological polar surface area (TPSA) is 29.9 Å². The van der Waals surface area contributed by atoms with Gasteiger partial charge in [-0.15, -0.1) is 0 Å². The van der Waals surface area contributed by atoms with Crippen LogP contribution in [0.15, 0.2) is 60.8 Å². The summed E-state index contributed by atoms with van der Waals surface area (Å²) in [4.78, 5) is 0. The molecule has 6 heteroatoms. The Morgan fingerprint density at radius 3 is 2.38 bits per heavy atom. The Bertz CT molecular complexity index is 870. The Hall–Kier alpha value is -2.60. The smallest absolute Gasteiger partial charge is 0.306 e. The van der Waals surface area contributed by atoms with E-state index in [2.05, 4.69) is 10.4 Å². The largest absolute Gasteiger partial charge is 0.416 e. The fourth-order valence-corrected chi connectivity index (χ4v) is 3.00. The van der Waals surface area contributed by atoms with Gasteiger partial charge in [0, 0.05) is 23.8 Å². The van der Waals surface area contributed by atoms with Crippen molar-refractivity contribution in [3.8, 4) is 5.69 Å². The van der Waals surface area contributed by atoms with Crippen molar-refractivity contribution in [3.63, 3.8) is 0 Å². The second kappa shape index (κ2) is 7.33. The highest BCUT2D eigenvalue weighted by molar-refractivity contribution is 5.35. The fourth-order valence-electron chi connectivity index (χ4n) is 3.00. The summed E-state index contributed by atoms with van der Waals surface area (Å²) < 4.78 is 41.2. The predicted molar refractivity (Wildman–Crippen MR) is 95.0 cm³/mol. The molecule has 0 saturated carbocycles. The van der Waals surface area contributed by atoms with Crippen LogP contribution in [0.5, 0.6) is 0 Å². The second-order valence-corrected chi connectivity index (χ2v) is 6.19. The van der Waals surface area contributed by atoms with E-state index in [1.54, 1.807) is 12.3 Å². The standard InChI is InChI=1S/C20H20F3N3/c1-14(24-12-16-8-6-7-11-19(16)20(21,22)23)18-13-25-26(15(18)2)17-9-4-3-5-10-17/h3-11,13-14,24H,12H2,1-2H3/t14-/m1/s1. The maximum absolute atomic E-state index is 13.1. The first-order valence-electron chi connectivity index (χ1n) is 8.36. The average Bonchev–Trinajstić information content (AvgIpc) is 3.01. The minimum Gasteiger partial charge on any atom is -0.306 e. The maximum Gasteiger partial charge on any atom is 0.416 e. The van der Waals surface area contributed by atoms with Gasteiger partial charge < -0.3 is 5.32 Å². The van der Waals surface area contributed by atoms with E-state index in [9.17, 15) is 13.2 Å². The van der Waals surface area contributed by atoms with Crippen LogP contribution in [0.25, 0.3) is 5.69 Å². The highest BCUT2D eigenvalue weighted by atomic mass is 19.4. The summed E-state index contributed by atoms with van der Waals surface area (Å²) in [5, 5.41) is 7.60. The van der Waals surface area contributed by atoms with Gasteiger partial charge in [0.1, 0.15) is 0 Å². The van der Waals surface area contributed by atoms with Gasteiger partial charge in [-0.2, -0.15) is 18.3 Å². The molecule has 0 aliphatic carbocycles. The quantitative estimate of drug-likeness (QED) is 0.691. The van der Waals surface area contributed by atoms with Gasteiger partial charge in [0.25, 0.3) is 0 Å². The third-order valence-corrected chi connectivity index (χ3v) is 4.44. The summed E-state index contributed by atoms with van der Waals surface area (Å²) in [6.45, 7) is 4.01. The van der Waals surface area contributed by atoms with Gasteiger partial charge in [-0.1, -0.05) is 36.4 Å². The maximum atomic E-state index is 13.1. The van der Waals surface area contributed by atoms with Gasteiger partial charge in [0.2, 0.25) is 0 Å². The molecule has 0 spiro atoms. The van der Waals surface area contributed by atoms with E-state index >= 15 is 0 Å². The van der Waals surface area contributed by atoms with Crippen molar-refractivity contribution in [2.24, 2.45) is 0 Å². The Balaban J connectivity index is 1.76. The molecule has 3 rings (SSSR count). The van der Waals surface area contributed by atoms with E-state index in [1.807, 2.05) is 48.9 Å². The van der Waals surface area contributed by atoms with Crippen LogP contribution in [0.2, 0.25) is 0 Å². The molecule has 3 nitrogen and oxygen atoms in total.